The third-order valence-electron chi connectivity index (χ3n) is 15.1. The minimum atomic E-state index is 1.05. The first-order chi connectivity index (χ1) is 38.1. The van der Waals surface area contributed by atoms with E-state index >= 15 is 0 Å². The van der Waals surface area contributed by atoms with Gasteiger partial charge in [-0.15, -0.1) is 22.7 Å². The zero-order chi connectivity index (χ0) is 50.8. The van der Waals surface area contributed by atoms with Gasteiger partial charge in [0.2, 0.25) is 0 Å². The van der Waals surface area contributed by atoms with Crippen LogP contribution in [0, 0.1) is 0 Å². The predicted octanol–water partition coefficient (Wildman–Crippen LogP) is 21.5. The predicted molar refractivity (Wildman–Crippen MR) is 332 cm³/mol. The molecule has 0 aliphatic carbocycles. The van der Waals surface area contributed by atoms with E-state index in [2.05, 4.69) is 299 Å². The van der Waals surface area contributed by atoms with Gasteiger partial charge >= 0.3 is 0 Å². The SMILES string of the molecule is c1ccc(-c2ccc(N(c3cc(-c4ccc5c(c4)c4ccccc4n5-c4ccccc4)cc(N(c4ccc(-c5ccccc5)cc4)c4ccc5c(c4)sc4ccccc45)c3)c3ccc4c(c3)sc3ccccc34)cc2)cc1. The largest absolute Gasteiger partial charge is 0.310 e. The Hall–Kier alpha value is -9.52. The summed E-state index contributed by atoms with van der Waals surface area (Å²) in [4.78, 5) is 4.91. The first kappa shape index (κ1) is 44.9. The second-order valence-corrected chi connectivity index (χ2v) is 21.9. The van der Waals surface area contributed by atoms with Gasteiger partial charge in [0.05, 0.1) is 11.0 Å². The van der Waals surface area contributed by atoms with Crippen molar-refractivity contribution in [3.8, 4) is 39.1 Å². The lowest BCUT2D eigenvalue weighted by molar-refractivity contribution is 1.18. The molecule has 3 nitrogen and oxygen atoms in total. The van der Waals surface area contributed by atoms with E-state index in [0.29, 0.717) is 0 Å². The molecule has 3 aromatic heterocycles. The average Bonchev–Trinajstić information content (AvgIpc) is 4.26. The molecule has 5 heteroatoms. The normalized spacial score (nSPS) is 11.6. The Morgan fingerprint density at radius 1 is 0.221 bits per heavy atom. The van der Waals surface area contributed by atoms with Crippen LogP contribution in [0.3, 0.4) is 0 Å². The van der Waals surface area contributed by atoms with E-state index in [1.54, 1.807) is 0 Å². The minimum absolute atomic E-state index is 1.05. The molecule has 3 heterocycles. The zero-order valence-electron chi connectivity index (χ0n) is 41.8. The number of hydrogen-bond acceptors (Lipinski definition) is 4. The van der Waals surface area contributed by atoms with Gasteiger partial charge in [0.15, 0.2) is 0 Å². The summed E-state index contributed by atoms with van der Waals surface area (Å²) in [6, 6.07) is 105. The maximum Gasteiger partial charge on any atom is 0.0541 e. The first-order valence-electron chi connectivity index (χ1n) is 26.1. The van der Waals surface area contributed by atoms with Crippen molar-refractivity contribution >= 4 is 119 Å². The van der Waals surface area contributed by atoms with Crippen molar-refractivity contribution in [1.29, 1.82) is 0 Å². The summed E-state index contributed by atoms with van der Waals surface area (Å²) in [7, 11) is 0. The van der Waals surface area contributed by atoms with Crippen LogP contribution >= 0.6 is 22.7 Å². The number of benzene rings is 12. The van der Waals surface area contributed by atoms with Crippen molar-refractivity contribution in [2.45, 2.75) is 0 Å². The van der Waals surface area contributed by atoms with E-state index in [4.69, 9.17) is 0 Å². The van der Waals surface area contributed by atoms with Crippen LogP contribution in [0.5, 0.6) is 0 Å². The van der Waals surface area contributed by atoms with Gasteiger partial charge in [0.1, 0.15) is 0 Å². The third-order valence-corrected chi connectivity index (χ3v) is 17.4. The molecular weight excluding hydrogens is 971 g/mol. The van der Waals surface area contributed by atoms with Crippen molar-refractivity contribution in [3.63, 3.8) is 0 Å². The van der Waals surface area contributed by atoms with Crippen LogP contribution in [-0.4, -0.2) is 4.57 Å². The second-order valence-electron chi connectivity index (χ2n) is 19.7. The van der Waals surface area contributed by atoms with Crippen LogP contribution in [0.15, 0.2) is 285 Å². The number of para-hydroxylation sites is 2. The second kappa shape index (κ2) is 18.7. The molecule has 15 rings (SSSR count). The van der Waals surface area contributed by atoms with Crippen LogP contribution in [0.1, 0.15) is 0 Å². The molecule has 0 unspecified atom stereocenters. The number of aromatic nitrogens is 1. The summed E-state index contributed by atoms with van der Waals surface area (Å²) < 4.78 is 7.48. The highest BCUT2D eigenvalue weighted by atomic mass is 32.1. The molecule has 0 bridgehead atoms. The zero-order valence-corrected chi connectivity index (χ0v) is 43.4. The quantitative estimate of drug-likeness (QED) is 0.135. The molecular formula is C72H47N3S2. The number of anilines is 6. The molecule has 0 saturated carbocycles. The summed E-state index contributed by atoms with van der Waals surface area (Å²) in [6.45, 7) is 0. The van der Waals surface area contributed by atoms with E-state index in [1.165, 1.54) is 84.4 Å². The molecule has 0 amide bonds. The molecule has 362 valence electrons. The van der Waals surface area contributed by atoms with Crippen LogP contribution < -0.4 is 9.80 Å². The Morgan fingerprint density at radius 3 is 1.16 bits per heavy atom. The Balaban J connectivity index is 0.988. The van der Waals surface area contributed by atoms with Crippen molar-refractivity contribution in [2.24, 2.45) is 0 Å². The summed E-state index contributed by atoms with van der Waals surface area (Å²) in [5.41, 5.74) is 16.9. The molecule has 0 N–H and O–H groups in total. The van der Waals surface area contributed by atoms with Crippen LogP contribution in [0.2, 0.25) is 0 Å². The highest BCUT2D eigenvalue weighted by molar-refractivity contribution is 7.26. The van der Waals surface area contributed by atoms with Crippen LogP contribution in [0.4, 0.5) is 34.1 Å². The Kier molecular flexibility index (Phi) is 10.9. The lowest BCUT2D eigenvalue weighted by atomic mass is 9.99. The maximum absolute atomic E-state index is 2.46. The highest BCUT2D eigenvalue weighted by Gasteiger charge is 2.23. The monoisotopic (exact) mass is 1020 g/mol. The molecule has 77 heavy (non-hydrogen) atoms. The highest BCUT2D eigenvalue weighted by Crippen LogP contribution is 2.48. The van der Waals surface area contributed by atoms with Crippen molar-refractivity contribution in [1.82, 2.24) is 4.57 Å². The van der Waals surface area contributed by atoms with Gasteiger partial charge in [-0.3, -0.25) is 0 Å². The molecule has 0 spiro atoms. The Labute approximate surface area is 454 Å². The standard InChI is InChI=1S/C72H47N3S2/c1-4-16-48(17-5-1)50-28-33-55(34-29-50)73(57-37-39-64-62-23-11-14-26-69(62)76-71(64)46-57)59-42-53(52-32-41-68-66(44-52)61-22-10-13-25-67(61)75(68)54-20-8-3-9-21-54)43-60(45-59)74(56-35-30-51(31-36-56)49-18-6-2-7-19-49)58-38-40-65-63-24-12-15-27-70(63)77-72(65)47-58/h1-47H. The summed E-state index contributed by atoms with van der Waals surface area (Å²) in [5, 5.41) is 7.55. The van der Waals surface area contributed by atoms with Crippen molar-refractivity contribution < 1.29 is 0 Å². The van der Waals surface area contributed by atoms with E-state index < -0.39 is 0 Å². The van der Waals surface area contributed by atoms with Crippen molar-refractivity contribution in [3.05, 3.63) is 285 Å². The number of fused-ring (bicyclic) bond motifs is 9. The van der Waals surface area contributed by atoms with E-state index in [0.717, 1.165) is 50.9 Å². The van der Waals surface area contributed by atoms with Crippen molar-refractivity contribution in [2.75, 3.05) is 9.80 Å². The molecule has 0 fully saturated rings. The molecule has 15 aromatic rings. The summed E-state index contributed by atoms with van der Waals surface area (Å²) in [5.74, 6) is 0. The number of thiophene rings is 2. The van der Waals surface area contributed by atoms with Gasteiger partial charge in [0, 0.05) is 90.9 Å². The molecule has 0 aliphatic heterocycles. The Morgan fingerprint density at radius 2 is 0.623 bits per heavy atom. The lowest BCUT2D eigenvalue weighted by Crippen LogP contribution is -2.13. The Bertz CT molecular complexity index is 4450. The fourth-order valence-corrected chi connectivity index (χ4v) is 13.8. The third kappa shape index (κ3) is 7.95. The number of nitrogens with zero attached hydrogens (tertiary/aromatic N) is 3. The maximum atomic E-state index is 2.46. The summed E-state index contributed by atoms with van der Waals surface area (Å²) in [6.07, 6.45) is 0. The van der Waals surface area contributed by atoms with E-state index in [-0.39, 0.29) is 0 Å². The first-order valence-corrected chi connectivity index (χ1v) is 27.8. The van der Waals surface area contributed by atoms with Gasteiger partial charge in [-0.1, -0.05) is 176 Å². The molecule has 0 saturated heterocycles. The smallest absolute Gasteiger partial charge is 0.0541 e. The van der Waals surface area contributed by atoms with Gasteiger partial charge in [-0.25, -0.2) is 0 Å². The van der Waals surface area contributed by atoms with Crippen LogP contribution in [0.25, 0.3) is 101 Å². The van der Waals surface area contributed by atoms with Gasteiger partial charge < -0.3 is 14.4 Å². The average molecular weight is 1020 g/mol. The van der Waals surface area contributed by atoms with E-state index in [1.807, 2.05) is 22.7 Å². The molecule has 0 atom stereocenters. The number of hydrogen-bond donors (Lipinski definition) is 0. The fraction of sp³-hybridized carbons (Fsp3) is 0. The topological polar surface area (TPSA) is 11.4 Å². The summed E-state index contributed by atoms with van der Waals surface area (Å²) >= 11 is 3.71. The van der Waals surface area contributed by atoms with Crippen LogP contribution in [-0.2, 0) is 0 Å². The number of rotatable bonds is 10. The molecule has 0 aliphatic rings. The van der Waals surface area contributed by atoms with Gasteiger partial charge in [0.25, 0.3) is 0 Å². The van der Waals surface area contributed by atoms with Gasteiger partial charge in [-0.2, -0.15) is 0 Å². The molecule has 12 aromatic carbocycles. The molecule has 0 radical (unpaired) electrons. The van der Waals surface area contributed by atoms with Gasteiger partial charge in [-0.05, 0) is 143 Å². The van der Waals surface area contributed by atoms with E-state index in [9.17, 15) is 0 Å². The minimum Gasteiger partial charge on any atom is -0.310 e. The lowest BCUT2D eigenvalue weighted by Gasteiger charge is -2.30. The fourth-order valence-electron chi connectivity index (χ4n) is 11.5.